The van der Waals surface area contributed by atoms with E-state index in [4.69, 9.17) is 11.6 Å². The van der Waals surface area contributed by atoms with Crippen LogP contribution in [0.5, 0.6) is 0 Å². The van der Waals surface area contributed by atoms with Gasteiger partial charge in [0, 0.05) is 11.1 Å². The van der Waals surface area contributed by atoms with Crippen molar-refractivity contribution in [2.24, 2.45) is 0 Å². The third kappa shape index (κ3) is 2.74. The molecule has 122 valence electrons. The van der Waals surface area contributed by atoms with Gasteiger partial charge in [-0.05, 0) is 32.9 Å². The number of carbonyl (C=O) groups excluding carboxylic acids is 3. The van der Waals surface area contributed by atoms with Crippen molar-refractivity contribution in [3.05, 3.63) is 39.7 Å². The van der Waals surface area contributed by atoms with E-state index in [0.717, 1.165) is 0 Å². The SMILES string of the molecule is CC(=O)CNC(=O)C1=C(O)c2ccc(Cl)c(F)c2C(C)(C)C1=O. The van der Waals surface area contributed by atoms with Crippen molar-refractivity contribution >= 4 is 34.8 Å². The van der Waals surface area contributed by atoms with E-state index in [1.807, 2.05) is 0 Å². The van der Waals surface area contributed by atoms with Crippen LogP contribution in [-0.4, -0.2) is 29.1 Å². The first-order valence-electron chi connectivity index (χ1n) is 6.83. The van der Waals surface area contributed by atoms with Gasteiger partial charge in [0.1, 0.15) is 22.9 Å². The van der Waals surface area contributed by atoms with Gasteiger partial charge in [-0.15, -0.1) is 0 Å². The van der Waals surface area contributed by atoms with Crippen LogP contribution in [0.1, 0.15) is 31.9 Å². The fourth-order valence-electron chi connectivity index (χ4n) is 2.53. The van der Waals surface area contributed by atoms with Crippen LogP contribution in [0.4, 0.5) is 4.39 Å². The summed E-state index contributed by atoms with van der Waals surface area (Å²) in [5, 5.41) is 12.4. The molecule has 0 aliphatic heterocycles. The molecule has 0 heterocycles. The first-order valence-corrected chi connectivity index (χ1v) is 7.21. The van der Waals surface area contributed by atoms with Gasteiger partial charge in [0.25, 0.3) is 5.91 Å². The van der Waals surface area contributed by atoms with Crippen LogP contribution in [0.25, 0.3) is 5.76 Å². The third-order valence-electron chi connectivity index (χ3n) is 3.73. The minimum atomic E-state index is -1.39. The maximum absolute atomic E-state index is 14.3. The number of amides is 1. The standard InChI is InChI=1S/C16H15ClFNO4/c1-7(20)6-19-15(23)10-13(21)8-4-5-9(17)12(18)11(8)16(2,3)14(10)22/h4-5,21H,6H2,1-3H3,(H,19,23). The lowest BCUT2D eigenvalue weighted by Gasteiger charge is -2.32. The summed E-state index contributed by atoms with van der Waals surface area (Å²) in [5.74, 6) is -3.36. The highest BCUT2D eigenvalue weighted by atomic mass is 35.5. The maximum Gasteiger partial charge on any atom is 0.259 e. The summed E-state index contributed by atoms with van der Waals surface area (Å²) in [4.78, 5) is 35.7. The Morgan fingerprint density at radius 1 is 1.35 bits per heavy atom. The van der Waals surface area contributed by atoms with E-state index in [2.05, 4.69) is 5.32 Å². The molecule has 23 heavy (non-hydrogen) atoms. The lowest BCUT2D eigenvalue weighted by atomic mass is 9.70. The molecule has 1 aromatic carbocycles. The summed E-state index contributed by atoms with van der Waals surface area (Å²) in [6.07, 6.45) is 0. The fraction of sp³-hybridized carbons (Fsp3) is 0.312. The average Bonchev–Trinajstić information content (AvgIpc) is 2.46. The molecule has 0 fully saturated rings. The second-order valence-electron chi connectivity index (χ2n) is 5.85. The summed E-state index contributed by atoms with van der Waals surface area (Å²) in [6, 6.07) is 2.59. The quantitative estimate of drug-likeness (QED) is 0.828. The molecular weight excluding hydrogens is 325 g/mol. The number of nitrogens with one attached hydrogen (secondary N) is 1. The zero-order valence-electron chi connectivity index (χ0n) is 12.8. The van der Waals surface area contributed by atoms with Crippen LogP contribution >= 0.6 is 11.6 Å². The Balaban J connectivity index is 2.64. The molecular formula is C16H15ClFNO4. The number of benzene rings is 1. The van der Waals surface area contributed by atoms with Gasteiger partial charge in [-0.25, -0.2) is 4.39 Å². The monoisotopic (exact) mass is 339 g/mol. The first-order chi connectivity index (χ1) is 10.6. The smallest absolute Gasteiger partial charge is 0.259 e. The molecule has 7 heteroatoms. The number of ketones is 2. The molecule has 0 bridgehead atoms. The number of hydrogen-bond donors (Lipinski definition) is 2. The average molecular weight is 340 g/mol. The molecule has 2 N–H and O–H groups in total. The van der Waals surface area contributed by atoms with Gasteiger partial charge in [-0.1, -0.05) is 11.6 Å². The van der Waals surface area contributed by atoms with E-state index < -0.39 is 34.3 Å². The molecule has 0 saturated heterocycles. The molecule has 0 radical (unpaired) electrons. The Morgan fingerprint density at radius 3 is 2.52 bits per heavy atom. The molecule has 2 rings (SSSR count). The van der Waals surface area contributed by atoms with Crippen LogP contribution in [0, 0.1) is 5.82 Å². The topological polar surface area (TPSA) is 83.5 Å². The number of aliphatic hydroxyl groups excluding tert-OH is 1. The summed E-state index contributed by atoms with van der Waals surface area (Å²) >= 11 is 5.75. The number of Topliss-reactive ketones (excluding diaryl/α,β-unsaturated/α-hetero) is 2. The molecule has 0 saturated carbocycles. The molecule has 1 aromatic rings. The summed E-state index contributed by atoms with van der Waals surface area (Å²) in [5.41, 5.74) is -1.91. The Kier molecular flexibility index (Phi) is 4.30. The van der Waals surface area contributed by atoms with Crippen LogP contribution in [0.15, 0.2) is 17.7 Å². The second-order valence-corrected chi connectivity index (χ2v) is 6.25. The van der Waals surface area contributed by atoms with Crippen molar-refractivity contribution in [1.82, 2.24) is 5.32 Å². The minimum absolute atomic E-state index is 0.0319. The summed E-state index contributed by atoms with van der Waals surface area (Å²) in [7, 11) is 0. The molecule has 0 spiro atoms. The Bertz CT molecular complexity index is 768. The van der Waals surface area contributed by atoms with Gasteiger partial charge < -0.3 is 10.4 Å². The molecule has 1 aliphatic rings. The van der Waals surface area contributed by atoms with E-state index >= 15 is 0 Å². The van der Waals surface area contributed by atoms with Crippen molar-refractivity contribution in [2.45, 2.75) is 26.2 Å². The van der Waals surface area contributed by atoms with Gasteiger partial charge in [0.05, 0.1) is 17.0 Å². The number of hydrogen-bond acceptors (Lipinski definition) is 4. The predicted molar refractivity (Wildman–Crippen MR) is 82.7 cm³/mol. The van der Waals surface area contributed by atoms with Gasteiger partial charge >= 0.3 is 0 Å². The van der Waals surface area contributed by atoms with Gasteiger partial charge in [0.2, 0.25) is 0 Å². The highest BCUT2D eigenvalue weighted by molar-refractivity contribution is 6.32. The molecule has 1 aliphatic carbocycles. The van der Waals surface area contributed by atoms with Crippen LogP contribution in [-0.2, 0) is 19.8 Å². The number of halogens is 2. The van der Waals surface area contributed by atoms with E-state index in [1.54, 1.807) is 0 Å². The van der Waals surface area contributed by atoms with E-state index in [0.29, 0.717) is 0 Å². The van der Waals surface area contributed by atoms with E-state index in [9.17, 15) is 23.9 Å². The number of fused-ring (bicyclic) bond motifs is 1. The highest BCUT2D eigenvalue weighted by Crippen LogP contribution is 2.42. The zero-order valence-corrected chi connectivity index (χ0v) is 13.5. The first kappa shape index (κ1) is 17.1. The Morgan fingerprint density at radius 2 is 1.96 bits per heavy atom. The lowest BCUT2D eigenvalue weighted by molar-refractivity contribution is -0.126. The lowest BCUT2D eigenvalue weighted by Crippen LogP contribution is -2.42. The minimum Gasteiger partial charge on any atom is -0.506 e. The molecule has 0 unspecified atom stereocenters. The zero-order chi connectivity index (χ0) is 17.5. The summed E-state index contributed by atoms with van der Waals surface area (Å²) < 4.78 is 14.3. The largest absolute Gasteiger partial charge is 0.506 e. The molecule has 5 nitrogen and oxygen atoms in total. The van der Waals surface area contributed by atoms with Crippen molar-refractivity contribution in [3.63, 3.8) is 0 Å². The van der Waals surface area contributed by atoms with Crippen LogP contribution in [0.2, 0.25) is 5.02 Å². The van der Waals surface area contributed by atoms with Gasteiger partial charge in [0.15, 0.2) is 5.78 Å². The maximum atomic E-state index is 14.3. The molecule has 1 amide bonds. The second kappa shape index (κ2) is 5.77. The number of carbonyl (C=O) groups is 3. The van der Waals surface area contributed by atoms with Crippen molar-refractivity contribution in [3.8, 4) is 0 Å². The Hall–Kier alpha value is -2.21. The molecule has 0 atom stereocenters. The van der Waals surface area contributed by atoms with Crippen molar-refractivity contribution in [2.75, 3.05) is 6.54 Å². The van der Waals surface area contributed by atoms with E-state index in [1.165, 1.54) is 32.9 Å². The normalized spacial score (nSPS) is 16.1. The van der Waals surface area contributed by atoms with Crippen LogP contribution < -0.4 is 5.32 Å². The number of aliphatic hydroxyl groups is 1. The Labute approximate surface area is 137 Å². The van der Waals surface area contributed by atoms with Gasteiger partial charge in [-0.2, -0.15) is 0 Å². The highest BCUT2D eigenvalue weighted by Gasteiger charge is 2.45. The van der Waals surface area contributed by atoms with Crippen molar-refractivity contribution in [1.29, 1.82) is 0 Å². The van der Waals surface area contributed by atoms with Gasteiger partial charge in [-0.3, -0.25) is 14.4 Å². The molecule has 0 aromatic heterocycles. The van der Waals surface area contributed by atoms with Crippen molar-refractivity contribution < 1.29 is 23.9 Å². The third-order valence-corrected chi connectivity index (χ3v) is 4.02. The number of rotatable bonds is 3. The van der Waals surface area contributed by atoms with Crippen LogP contribution in [0.3, 0.4) is 0 Å². The summed E-state index contributed by atoms with van der Waals surface area (Å²) in [6.45, 7) is 3.88. The fourth-order valence-corrected chi connectivity index (χ4v) is 2.69. The predicted octanol–water partition coefficient (Wildman–Crippen LogP) is 2.31. The van der Waals surface area contributed by atoms with E-state index in [-0.39, 0.29) is 28.5 Å².